The zero-order valence-corrected chi connectivity index (χ0v) is 14.9. The first kappa shape index (κ1) is 17.0. The summed E-state index contributed by atoms with van der Waals surface area (Å²) in [6.45, 7) is 4.38. The molecule has 130 valence electrons. The van der Waals surface area contributed by atoms with Crippen molar-refractivity contribution in [1.82, 2.24) is 9.97 Å². The van der Waals surface area contributed by atoms with E-state index in [1.165, 1.54) is 0 Å². The van der Waals surface area contributed by atoms with E-state index in [1.54, 1.807) is 13.2 Å². The van der Waals surface area contributed by atoms with Gasteiger partial charge in [0.25, 0.3) is 5.91 Å². The molecule has 0 unspecified atom stereocenters. The van der Waals surface area contributed by atoms with Crippen molar-refractivity contribution in [2.75, 3.05) is 24.8 Å². The third-order valence-corrected chi connectivity index (χ3v) is 4.30. The van der Waals surface area contributed by atoms with Crippen molar-refractivity contribution < 1.29 is 9.53 Å². The van der Waals surface area contributed by atoms with Crippen LogP contribution in [0.1, 0.15) is 27.3 Å². The van der Waals surface area contributed by atoms with Gasteiger partial charge in [0, 0.05) is 25.5 Å². The van der Waals surface area contributed by atoms with Crippen LogP contribution in [-0.2, 0) is 11.3 Å². The van der Waals surface area contributed by atoms with Crippen molar-refractivity contribution in [1.29, 1.82) is 0 Å². The number of amides is 1. The van der Waals surface area contributed by atoms with E-state index in [0.717, 1.165) is 28.0 Å². The number of aryl methyl sites for hydroxylation is 1. The molecule has 3 rings (SSSR count). The Bertz CT molecular complexity index is 931. The van der Waals surface area contributed by atoms with Gasteiger partial charge in [-0.05, 0) is 43.2 Å². The summed E-state index contributed by atoms with van der Waals surface area (Å²) in [7, 11) is 3.43. The molecule has 6 heteroatoms. The van der Waals surface area contributed by atoms with Crippen LogP contribution in [0.2, 0.25) is 0 Å². The van der Waals surface area contributed by atoms with Gasteiger partial charge in [-0.3, -0.25) is 4.79 Å². The van der Waals surface area contributed by atoms with Crippen LogP contribution < -0.4 is 10.6 Å². The minimum absolute atomic E-state index is 0.189. The molecule has 0 atom stereocenters. The van der Waals surface area contributed by atoms with Crippen molar-refractivity contribution in [3.8, 4) is 0 Å². The van der Waals surface area contributed by atoms with Crippen LogP contribution in [0, 0.1) is 13.8 Å². The highest BCUT2D eigenvalue weighted by atomic mass is 16.5. The van der Waals surface area contributed by atoms with E-state index >= 15 is 0 Å². The predicted octanol–water partition coefficient (Wildman–Crippen LogP) is 3.62. The lowest BCUT2D eigenvalue weighted by atomic mass is 10.1. The molecule has 1 amide bonds. The number of carbonyl (C=O) groups is 1. The molecular weight excluding hydrogens is 316 g/mol. The number of aromatic nitrogens is 2. The number of hydrogen-bond donors (Lipinski definition) is 3. The molecule has 0 radical (unpaired) electrons. The van der Waals surface area contributed by atoms with E-state index in [-0.39, 0.29) is 5.91 Å². The first-order valence-electron chi connectivity index (χ1n) is 8.10. The number of anilines is 2. The minimum Gasteiger partial charge on any atom is -0.388 e. The summed E-state index contributed by atoms with van der Waals surface area (Å²) >= 11 is 0. The average Bonchev–Trinajstić information content (AvgIpc) is 3.00. The summed E-state index contributed by atoms with van der Waals surface area (Å²) in [5, 5.41) is 6.08. The highest BCUT2D eigenvalue weighted by Crippen LogP contribution is 2.25. The molecule has 1 aromatic heterocycles. The highest BCUT2D eigenvalue weighted by Gasteiger charge is 2.16. The number of nitrogens with zero attached hydrogens (tertiary/aromatic N) is 1. The molecule has 0 bridgehead atoms. The van der Waals surface area contributed by atoms with Crippen molar-refractivity contribution in [2.45, 2.75) is 20.5 Å². The maximum absolute atomic E-state index is 12.9. The van der Waals surface area contributed by atoms with E-state index < -0.39 is 0 Å². The molecule has 0 saturated heterocycles. The predicted molar refractivity (Wildman–Crippen MR) is 100 cm³/mol. The monoisotopic (exact) mass is 338 g/mol. The molecule has 3 aromatic rings. The fourth-order valence-corrected chi connectivity index (χ4v) is 2.77. The third-order valence-electron chi connectivity index (χ3n) is 4.30. The average molecular weight is 338 g/mol. The van der Waals surface area contributed by atoms with E-state index in [4.69, 9.17) is 4.74 Å². The van der Waals surface area contributed by atoms with Crippen LogP contribution in [0.4, 0.5) is 11.4 Å². The molecular formula is C19H22N4O2. The molecule has 25 heavy (non-hydrogen) atoms. The maximum Gasteiger partial charge on any atom is 0.258 e. The van der Waals surface area contributed by atoms with Gasteiger partial charge in [0.2, 0.25) is 0 Å². The van der Waals surface area contributed by atoms with Crippen LogP contribution in [-0.4, -0.2) is 30.0 Å². The Balaban J connectivity index is 2.03. The first-order valence-corrected chi connectivity index (χ1v) is 8.10. The molecule has 3 N–H and O–H groups in total. The summed E-state index contributed by atoms with van der Waals surface area (Å²) in [6, 6.07) is 9.59. The zero-order chi connectivity index (χ0) is 18.0. The Kier molecular flexibility index (Phi) is 4.72. The smallest absolute Gasteiger partial charge is 0.258 e. The molecule has 2 aromatic carbocycles. The highest BCUT2D eigenvalue weighted by molar-refractivity contribution is 6.12. The zero-order valence-electron chi connectivity index (χ0n) is 14.9. The fourth-order valence-electron chi connectivity index (χ4n) is 2.77. The number of benzene rings is 2. The lowest BCUT2D eigenvalue weighted by molar-refractivity contribution is 0.102. The number of ether oxygens (including phenoxy) is 1. The number of nitrogens with one attached hydrogen (secondary N) is 3. The van der Waals surface area contributed by atoms with Gasteiger partial charge in [0.15, 0.2) is 0 Å². The molecule has 0 saturated carbocycles. The standard InChI is InChI=1S/C19H22N4O2/c1-11-6-5-7-15(12(11)2)22-19(24)14-8-13(20-3)9-16-18(14)23-17(21-16)10-25-4/h5-9,20H,10H2,1-4H3,(H,21,23)(H,22,24). The van der Waals surface area contributed by atoms with Crippen LogP contribution in [0.15, 0.2) is 30.3 Å². The third kappa shape index (κ3) is 3.34. The second-order valence-corrected chi connectivity index (χ2v) is 5.99. The number of rotatable bonds is 5. The van der Waals surface area contributed by atoms with Gasteiger partial charge in [0.1, 0.15) is 17.9 Å². The van der Waals surface area contributed by atoms with Crippen molar-refractivity contribution in [3.05, 3.63) is 52.8 Å². The van der Waals surface area contributed by atoms with Crippen molar-refractivity contribution >= 4 is 28.3 Å². The summed E-state index contributed by atoms with van der Waals surface area (Å²) < 4.78 is 5.13. The molecule has 0 aliphatic heterocycles. The number of methoxy groups -OCH3 is 1. The van der Waals surface area contributed by atoms with Crippen LogP contribution in [0.25, 0.3) is 11.0 Å². The van der Waals surface area contributed by atoms with Crippen LogP contribution in [0.3, 0.4) is 0 Å². The van der Waals surface area contributed by atoms with Gasteiger partial charge in [-0.15, -0.1) is 0 Å². The molecule has 0 spiro atoms. The van der Waals surface area contributed by atoms with Crippen molar-refractivity contribution in [2.24, 2.45) is 0 Å². The topological polar surface area (TPSA) is 79.0 Å². The van der Waals surface area contributed by atoms with E-state index in [2.05, 4.69) is 20.6 Å². The lowest BCUT2D eigenvalue weighted by Gasteiger charge is -2.11. The summed E-state index contributed by atoms with van der Waals surface area (Å²) in [4.78, 5) is 20.6. The van der Waals surface area contributed by atoms with Crippen molar-refractivity contribution in [3.63, 3.8) is 0 Å². The minimum atomic E-state index is -0.189. The molecule has 6 nitrogen and oxygen atoms in total. The van der Waals surface area contributed by atoms with Gasteiger partial charge in [0.05, 0.1) is 11.1 Å². The van der Waals surface area contributed by atoms with Gasteiger partial charge < -0.3 is 20.4 Å². The number of fused-ring (bicyclic) bond motifs is 1. The largest absolute Gasteiger partial charge is 0.388 e. The van der Waals surface area contributed by atoms with Gasteiger partial charge in [-0.25, -0.2) is 4.98 Å². The SMILES string of the molecule is CNc1cc(C(=O)Nc2cccc(C)c2C)c2nc(COC)[nH]c2c1. The second kappa shape index (κ2) is 6.94. The Morgan fingerprint density at radius 1 is 1.28 bits per heavy atom. The van der Waals surface area contributed by atoms with Gasteiger partial charge in [-0.1, -0.05) is 12.1 Å². The van der Waals surface area contributed by atoms with E-state index in [1.807, 2.05) is 45.2 Å². The Labute approximate surface area is 146 Å². The molecule has 0 aliphatic rings. The molecule has 0 fully saturated rings. The summed E-state index contributed by atoms with van der Waals surface area (Å²) in [5.74, 6) is 0.498. The quantitative estimate of drug-likeness (QED) is 0.664. The lowest BCUT2D eigenvalue weighted by Crippen LogP contribution is -2.14. The van der Waals surface area contributed by atoms with Crippen LogP contribution in [0.5, 0.6) is 0 Å². The fraction of sp³-hybridized carbons (Fsp3) is 0.263. The maximum atomic E-state index is 12.9. The van der Waals surface area contributed by atoms with Gasteiger partial charge >= 0.3 is 0 Å². The number of imidazole rings is 1. The first-order chi connectivity index (χ1) is 12.0. The number of hydrogen-bond acceptors (Lipinski definition) is 4. The molecule has 1 heterocycles. The summed E-state index contributed by atoms with van der Waals surface area (Å²) in [6.07, 6.45) is 0. The van der Waals surface area contributed by atoms with Crippen LogP contribution >= 0.6 is 0 Å². The van der Waals surface area contributed by atoms with E-state index in [9.17, 15) is 4.79 Å². The van der Waals surface area contributed by atoms with Gasteiger partial charge in [-0.2, -0.15) is 0 Å². The molecule has 0 aliphatic carbocycles. The summed E-state index contributed by atoms with van der Waals surface area (Å²) in [5.41, 5.74) is 5.78. The normalized spacial score (nSPS) is 10.9. The Morgan fingerprint density at radius 3 is 2.80 bits per heavy atom. The number of H-pyrrole nitrogens is 1. The number of carbonyl (C=O) groups excluding carboxylic acids is 1. The Hall–Kier alpha value is -2.86. The number of aromatic amines is 1. The van der Waals surface area contributed by atoms with E-state index in [0.29, 0.717) is 23.5 Å². The second-order valence-electron chi connectivity index (χ2n) is 5.99. The Morgan fingerprint density at radius 2 is 2.08 bits per heavy atom.